The first-order valence-corrected chi connectivity index (χ1v) is 5.66. The largest absolute Gasteiger partial charge is 0.332 e. The summed E-state index contributed by atoms with van der Waals surface area (Å²) in [6.45, 7) is 0. The van der Waals surface area contributed by atoms with Crippen molar-refractivity contribution in [2.45, 2.75) is 0 Å². The molecule has 5 nitrogen and oxygen atoms in total. The lowest BCUT2D eigenvalue weighted by molar-refractivity contribution is 0.778. The lowest BCUT2D eigenvalue weighted by atomic mass is 10.3. The van der Waals surface area contributed by atoms with Gasteiger partial charge in [0.1, 0.15) is 17.5 Å². The molecule has 0 unspecified atom stereocenters. The summed E-state index contributed by atoms with van der Waals surface area (Å²) in [7, 11) is 1.74. The van der Waals surface area contributed by atoms with Crippen LogP contribution in [0.15, 0.2) is 36.5 Å². The van der Waals surface area contributed by atoms with Gasteiger partial charge in [-0.15, -0.1) is 0 Å². The van der Waals surface area contributed by atoms with E-state index in [2.05, 4.69) is 21.8 Å². The first-order valence-electron chi connectivity index (χ1n) is 5.26. The van der Waals surface area contributed by atoms with Gasteiger partial charge in [0, 0.05) is 12.7 Å². The average Bonchev–Trinajstić information content (AvgIpc) is 2.72. The van der Waals surface area contributed by atoms with Gasteiger partial charge in [-0.25, -0.2) is 0 Å². The molecular weight excluding hydrogens is 246 g/mol. The quantitative estimate of drug-likeness (QED) is 0.807. The van der Waals surface area contributed by atoms with E-state index in [0.29, 0.717) is 16.5 Å². The maximum Gasteiger partial charge on any atom is 0.176 e. The van der Waals surface area contributed by atoms with Crippen LogP contribution in [0.4, 0.5) is 11.5 Å². The fraction of sp³-hybridized carbons (Fsp3) is 0.0833. The lowest BCUT2D eigenvalue weighted by Crippen LogP contribution is -2.21. The maximum atomic E-state index is 8.93. The average molecular weight is 257 g/mol. The number of aryl methyl sites for hydroxylation is 1. The molecule has 1 heterocycles. The monoisotopic (exact) mass is 257 g/mol. The van der Waals surface area contributed by atoms with Crippen molar-refractivity contribution >= 4 is 28.8 Å². The van der Waals surface area contributed by atoms with E-state index in [0.717, 1.165) is 5.69 Å². The van der Waals surface area contributed by atoms with E-state index >= 15 is 0 Å². The van der Waals surface area contributed by atoms with Crippen LogP contribution in [0.2, 0.25) is 0 Å². The van der Waals surface area contributed by atoms with E-state index in [-0.39, 0.29) is 0 Å². The summed E-state index contributed by atoms with van der Waals surface area (Å²) in [5, 5.41) is 19.3. The van der Waals surface area contributed by atoms with Gasteiger partial charge in [-0.05, 0) is 24.4 Å². The fourth-order valence-corrected chi connectivity index (χ4v) is 1.67. The van der Waals surface area contributed by atoms with E-state index in [1.54, 1.807) is 11.7 Å². The van der Waals surface area contributed by atoms with Crippen LogP contribution in [0.25, 0.3) is 0 Å². The number of nitrogens with zero attached hydrogens (tertiary/aromatic N) is 3. The third-order valence-electron chi connectivity index (χ3n) is 2.32. The summed E-state index contributed by atoms with van der Waals surface area (Å²) >= 11 is 5.18. The number of hydrogen-bond acceptors (Lipinski definition) is 3. The number of anilines is 2. The number of thiocarbonyl (C=S) groups is 1. The molecule has 0 saturated carbocycles. The highest BCUT2D eigenvalue weighted by Crippen LogP contribution is 2.13. The molecule has 2 aromatic rings. The smallest absolute Gasteiger partial charge is 0.176 e. The van der Waals surface area contributed by atoms with Crippen molar-refractivity contribution in [3.8, 4) is 6.07 Å². The molecule has 6 heteroatoms. The third kappa shape index (κ3) is 2.64. The standard InChI is InChI=1S/C12H11N5S/c1-17-11(9(7-13)8-14-17)16-12(18)15-10-5-3-2-4-6-10/h2-6,8H,1H3,(H2,15,16,18). The minimum Gasteiger partial charge on any atom is -0.332 e. The number of nitrogens with one attached hydrogen (secondary N) is 2. The van der Waals surface area contributed by atoms with Gasteiger partial charge >= 0.3 is 0 Å². The Balaban J connectivity index is 2.08. The fourth-order valence-electron chi connectivity index (χ4n) is 1.46. The number of aromatic nitrogens is 2. The van der Waals surface area contributed by atoms with E-state index < -0.39 is 0 Å². The Morgan fingerprint density at radius 2 is 2.06 bits per heavy atom. The molecule has 0 aliphatic rings. The zero-order chi connectivity index (χ0) is 13.0. The van der Waals surface area contributed by atoms with Crippen molar-refractivity contribution in [1.29, 1.82) is 5.26 Å². The number of para-hydroxylation sites is 1. The van der Waals surface area contributed by atoms with Crippen molar-refractivity contribution in [2.75, 3.05) is 10.6 Å². The third-order valence-corrected chi connectivity index (χ3v) is 2.53. The zero-order valence-corrected chi connectivity index (χ0v) is 10.5. The van der Waals surface area contributed by atoms with Crippen LogP contribution in [-0.4, -0.2) is 14.9 Å². The van der Waals surface area contributed by atoms with Crippen LogP contribution in [0.5, 0.6) is 0 Å². The molecule has 0 aliphatic carbocycles. The molecule has 1 aromatic carbocycles. The van der Waals surface area contributed by atoms with E-state index in [4.69, 9.17) is 17.5 Å². The number of hydrogen-bond donors (Lipinski definition) is 2. The molecular formula is C12H11N5S. The van der Waals surface area contributed by atoms with Gasteiger partial charge in [0.25, 0.3) is 0 Å². The Labute approximate surface area is 110 Å². The highest BCUT2D eigenvalue weighted by atomic mass is 32.1. The van der Waals surface area contributed by atoms with Crippen molar-refractivity contribution in [2.24, 2.45) is 7.05 Å². The van der Waals surface area contributed by atoms with Crippen molar-refractivity contribution < 1.29 is 0 Å². The van der Waals surface area contributed by atoms with Gasteiger partial charge < -0.3 is 10.6 Å². The molecule has 0 aliphatic heterocycles. The minimum absolute atomic E-state index is 0.418. The molecule has 90 valence electrons. The molecule has 2 N–H and O–H groups in total. The molecule has 0 saturated heterocycles. The molecule has 0 radical (unpaired) electrons. The Hall–Kier alpha value is -2.39. The molecule has 0 atom stereocenters. The predicted octanol–water partition coefficient (Wildman–Crippen LogP) is 2.10. The molecule has 18 heavy (non-hydrogen) atoms. The van der Waals surface area contributed by atoms with Crippen LogP contribution < -0.4 is 10.6 Å². The van der Waals surface area contributed by atoms with Crippen molar-refractivity contribution in [1.82, 2.24) is 9.78 Å². The minimum atomic E-state index is 0.418. The summed E-state index contributed by atoms with van der Waals surface area (Å²) in [5.74, 6) is 0.575. The van der Waals surface area contributed by atoms with Crippen molar-refractivity contribution in [3.63, 3.8) is 0 Å². The molecule has 2 rings (SSSR count). The number of rotatable bonds is 2. The van der Waals surface area contributed by atoms with Gasteiger partial charge in [-0.3, -0.25) is 4.68 Å². The summed E-state index contributed by atoms with van der Waals surface area (Å²) in [6.07, 6.45) is 1.49. The summed E-state index contributed by atoms with van der Waals surface area (Å²) in [5.41, 5.74) is 1.34. The normalized spacial score (nSPS) is 9.56. The van der Waals surface area contributed by atoms with E-state index in [1.165, 1.54) is 6.20 Å². The second kappa shape index (κ2) is 5.29. The van der Waals surface area contributed by atoms with Gasteiger partial charge in [-0.1, -0.05) is 18.2 Å². The first-order chi connectivity index (χ1) is 8.70. The SMILES string of the molecule is Cn1ncc(C#N)c1NC(=S)Nc1ccccc1. The molecule has 1 aromatic heterocycles. The lowest BCUT2D eigenvalue weighted by Gasteiger charge is -2.10. The Kier molecular flexibility index (Phi) is 3.55. The van der Waals surface area contributed by atoms with Gasteiger partial charge in [0.05, 0.1) is 6.20 Å². The molecule has 0 fully saturated rings. The second-order valence-electron chi connectivity index (χ2n) is 3.59. The topological polar surface area (TPSA) is 65.7 Å². The van der Waals surface area contributed by atoms with Crippen LogP contribution >= 0.6 is 12.2 Å². The molecule has 0 spiro atoms. The first kappa shape index (κ1) is 12.1. The molecule has 0 amide bonds. The van der Waals surface area contributed by atoms with Gasteiger partial charge in [0.2, 0.25) is 0 Å². The highest BCUT2D eigenvalue weighted by molar-refractivity contribution is 7.80. The number of benzene rings is 1. The zero-order valence-electron chi connectivity index (χ0n) is 9.71. The van der Waals surface area contributed by atoms with Crippen LogP contribution in [0, 0.1) is 11.3 Å². The Morgan fingerprint density at radius 3 is 2.72 bits per heavy atom. The number of nitriles is 1. The van der Waals surface area contributed by atoms with Gasteiger partial charge in [-0.2, -0.15) is 10.4 Å². The van der Waals surface area contributed by atoms with Crippen LogP contribution in [0.3, 0.4) is 0 Å². The summed E-state index contributed by atoms with van der Waals surface area (Å²) in [6, 6.07) is 11.6. The van der Waals surface area contributed by atoms with Gasteiger partial charge in [0.15, 0.2) is 5.11 Å². The maximum absolute atomic E-state index is 8.93. The van der Waals surface area contributed by atoms with Crippen LogP contribution in [0.1, 0.15) is 5.56 Å². The highest BCUT2D eigenvalue weighted by Gasteiger charge is 2.09. The van der Waals surface area contributed by atoms with E-state index in [9.17, 15) is 0 Å². The van der Waals surface area contributed by atoms with Crippen LogP contribution in [-0.2, 0) is 7.05 Å². The Bertz CT molecular complexity index is 597. The molecule has 0 bridgehead atoms. The van der Waals surface area contributed by atoms with E-state index in [1.807, 2.05) is 30.3 Å². The summed E-state index contributed by atoms with van der Waals surface area (Å²) in [4.78, 5) is 0. The predicted molar refractivity (Wildman–Crippen MR) is 74.2 cm³/mol. The summed E-state index contributed by atoms with van der Waals surface area (Å²) < 4.78 is 1.57. The van der Waals surface area contributed by atoms with Crippen molar-refractivity contribution in [3.05, 3.63) is 42.1 Å². The Morgan fingerprint density at radius 1 is 1.33 bits per heavy atom. The second-order valence-corrected chi connectivity index (χ2v) is 4.00.